The van der Waals surface area contributed by atoms with Crippen molar-refractivity contribution in [1.29, 1.82) is 0 Å². The van der Waals surface area contributed by atoms with Crippen LogP contribution in [0.5, 0.6) is 5.75 Å². The molecule has 2 nitrogen and oxygen atoms in total. The molecule has 1 heterocycles. The van der Waals surface area contributed by atoms with Gasteiger partial charge in [-0.2, -0.15) is 0 Å². The van der Waals surface area contributed by atoms with E-state index in [1.165, 1.54) is 20.9 Å². The van der Waals surface area contributed by atoms with Gasteiger partial charge in [0.25, 0.3) is 0 Å². The van der Waals surface area contributed by atoms with Crippen molar-refractivity contribution in [1.82, 2.24) is 5.32 Å². The number of aryl methyl sites for hydroxylation is 2. The summed E-state index contributed by atoms with van der Waals surface area (Å²) in [5.41, 5.74) is 2.64. The molecule has 0 atom stereocenters. The number of benzene rings is 1. The monoisotopic (exact) mass is 289 g/mol. The highest BCUT2D eigenvalue weighted by Gasteiger charge is 2.06. The third-order valence-corrected chi connectivity index (χ3v) is 4.44. The van der Waals surface area contributed by atoms with E-state index in [1.54, 1.807) is 0 Å². The maximum atomic E-state index is 5.88. The minimum atomic E-state index is 0.653. The minimum absolute atomic E-state index is 0.653. The molecule has 0 unspecified atom stereocenters. The van der Waals surface area contributed by atoms with E-state index < -0.39 is 0 Å². The number of hydrogen-bond acceptors (Lipinski definition) is 3. The Balaban J connectivity index is 1.94. The second-order valence-electron chi connectivity index (χ2n) is 4.86. The van der Waals surface area contributed by atoms with Crippen LogP contribution in [-0.2, 0) is 19.6 Å². The smallest absolute Gasteiger partial charge is 0.119 e. The Morgan fingerprint density at radius 2 is 1.90 bits per heavy atom. The van der Waals surface area contributed by atoms with Gasteiger partial charge in [0, 0.05) is 21.9 Å². The van der Waals surface area contributed by atoms with E-state index >= 15 is 0 Å². The molecule has 0 radical (unpaired) electrons. The second kappa shape index (κ2) is 7.46. The average Bonchev–Trinajstić information content (AvgIpc) is 2.83. The summed E-state index contributed by atoms with van der Waals surface area (Å²) in [7, 11) is 0. The molecule has 0 aliphatic heterocycles. The fourth-order valence-corrected chi connectivity index (χ4v) is 3.07. The van der Waals surface area contributed by atoms with Gasteiger partial charge in [0.1, 0.15) is 12.4 Å². The second-order valence-corrected chi connectivity index (χ2v) is 6.20. The highest BCUT2D eigenvalue weighted by molar-refractivity contribution is 7.12. The Bertz CT molecular complexity index is 530. The molecule has 0 bridgehead atoms. The quantitative estimate of drug-likeness (QED) is 0.820. The lowest BCUT2D eigenvalue weighted by atomic mass is 10.2. The van der Waals surface area contributed by atoms with Crippen LogP contribution in [0.15, 0.2) is 30.3 Å². The molecule has 1 aromatic heterocycles. The molecular weight excluding hydrogens is 266 g/mol. The number of nitrogens with one attached hydrogen (secondary N) is 1. The van der Waals surface area contributed by atoms with Gasteiger partial charge in [-0.1, -0.05) is 26.0 Å². The minimum Gasteiger partial charge on any atom is -0.489 e. The van der Waals surface area contributed by atoms with E-state index in [0.29, 0.717) is 6.61 Å². The largest absolute Gasteiger partial charge is 0.489 e. The predicted octanol–water partition coefficient (Wildman–Crippen LogP) is 4.31. The standard InChI is InChI=1S/C17H23NOS/c1-4-14-6-8-16(9-7-14)19-12-15-10-17(11-18-5-2)20-13(15)3/h6-10,18H,4-5,11-12H2,1-3H3. The van der Waals surface area contributed by atoms with Crippen molar-refractivity contribution >= 4 is 11.3 Å². The van der Waals surface area contributed by atoms with E-state index in [-0.39, 0.29) is 0 Å². The molecule has 20 heavy (non-hydrogen) atoms. The summed E-state index contributed by atoms with van der Waals surface area (Å²) < 4.78 is 5.88. The summed E-state index contributed by atoms with van der Waals surface area (Å²) in [6.07, 6.45) is 1.07. The van der Waals surface area contributed by atoms with E-state index in [1.807, 2.05) is 11.3 Å². The van der Waals surface area contributed by atoms with Gasteiger partial charge < -0.3 is 10.1 Å². The molecule has 3 heteroatoms. The van der Waals surface area contributed by atoms with Gasteiger partial charge in [-0.25, -0.2) is 0 Å². The molecule has 2 aromatic rings. The van der Waals surface area contributed by atoms with Crippen LogP contribution in [0.4, 0.5) is 0 Å². The van der Waals surface area contributed by atoms with Crippen molar-refractivity contribution in [2.45, 2.75) is 40.3 Å². The summed E-state index contributed by atoms with van der Waals surface area (Å²) in [5, 5.41) is 3.36. The molecule has 0 aliphatic carbocycles. The summed E-state index contributed by atoms with van der Waals surface area (Å²) in [4.78, 5) is 2.73. The van der Waals surface area contributed by atoms with E-state index in [2.05, 4.69) is 56.4 Å². The molecule has 0 saturated heterocycles. The molecule has 108 valence electrons. The van der Waals surface area contributed by atoms with Crippen LogP contribution < -0.4 is 10.1 Å². The van der Waals surface area contributed by atoms with Gasteiger partial charge in [0.15, 0.2) is 0 Å². The normalized spacial score (nSPS) is 10.8. The lowest BCUT2D eigenvalue weighted by molar-refractivity contribution is 0.306. The van der Waals surface area contributed by atoms with Crippen molar-refractivity contribution in [3.05, 3.63) is 51.2 Å². The van der Waals surface area contributed by atoms with Crippen molar-refractivity contribution in [2.75, 3.05) is 6.54 Å². The Morgan fingerprint density at radius 3 is 2.55 bits per heavy atom. The summed E-state index contributed by atoms with van der Waals surface area (Å²) in [5.74, 6) is 0.945. The zero-order valence-electron chi connectivity index (χ0n) is 12.5. The van der Waals surface area contributed by atoms with Crippen molar-refractivity contribution in [3.8, 4) is 5.75 Å². The molecule has 0 amide bonds. The number of thiophene rings is 1. The lowest BCUT2D eigenvalue weighted by Crippen LogP contribution is -2.10. The number of ether oxygens (including phenoxy) is 1. The first kappa shape index (κ1) is 15.1. The maximum absolute atomic E-state index is 5.88. The molecular formula is C17H23NOS. The Kier molecular flexibility index (Phi) is 5.62. The molecule has 0 fully saturated rings. The van der Waals surface area contributed by atoms with Gasteiger partial charge in [0.2, 0.25) is 0 Å². The highest BCUT2D eigenvalue weighted by atomic mass is 32.1. The van der Waals surface area contributed by atoms with Crippen LogP contribution in [0, 0.1) is 6.92 Å². The van der Waals surface area contributed by atoms with E-state index in [4.69, 9.17) is 4.74 Å². The Morgan fingerprint density at radius 1 is 1.15 bits per heavy atom. The van der Waals surface area contributed by atoms with Crippen molar-refractivity contribution in [3.63, 3.8) is 0 Å². The number of hydrogen-bond donors (Lipinski definition) is 1. The third-order valence-electron chi connectivity index (χ3n) is 3.35. The zero-order chi connectivity index (χ0) is 14.4. The fraction of sp³-hybridized carbons (Fsp3) is 0.412. The first-order chi connectivity index (χ1) is 9.72. The van der Waals surface area contributed by atoms with Crippen LogP contribution >= 0.6 is 11.3 Å². The van der Waals surface area contributed by atoms with E-state index in [0.717, 1.165) is 25.3 Å². The molecule has 2 rings (SSSR count). The molecule has 0 spiro atoms. The summed E-state index contributed by atoms with van der Waals surface area (Å²) in [6, 6.07) is 10.6. The lowest BCUT2D eigenvalue weighted by Gasteiger charge is -2.06. The molecule has 1 aromatic carbocycles. The third kappa shape index (κ3) is 4.09. The van der Waals surface area contributed by atoms with Crippen molar-refractivity contribution < 1.29 is 4.74 Å². The SMILES string of the molecule is CCNCc1cc(COc2ccc(CC)cc2)c(C)s1. The molecule has 0 aliphatic rings. The first-order valence-corrected chi connectivity index (χ1v) is 8.05. The van der Waals surface area contributed by atoms with Crippen LogP contribution in [-0.4, -0.2) is 6.54 Å². The predicted molar refractivity (Wildman–Crippen MR) is 86.6 cm³/mol. The molecule has 1 N–H and O–H groups in total. The van der Waals surface area contributed by atoms with Crippen LogP contribution in [0.1, 0.15) is 34.7 Å². The topological polar surface area (TPSA) is 21.3 Å². The van der Waals surface area contributed by atoms with Gasteiger partial charge in [-0.3, -0.25) is 0 Å². The average molecular weight is 289 g/mol. The fourth-order valence-electron chi connectivity index (χ4n) is 2.05. The Labute approximate surface area is 125 Å². The number of rotatable bonds is 7. The van der Waals surface area contributed by atoms with Gasteiger partial charge in [-0.05, 0) is 43.7 Å². The van der Waals surface area contributed by atoms with Crippen molar-refractivity contribution in [2.24, 2.45) is 0 Å². The van der Waals surface area contributed by atoms with Crippen LogP contribution in [0.25, 0.3) is 0 Å². The zero-order valence-corrected chi connectivity index (χ0v) is 13.3. The maximum Gasteiger partial charge on any atom is 0.119 e. The summed E-state index contributed by atoms with van der Waals surface area (Å²) in [6.45, 7) is 9.07. The van der Waals surface area contributed by atoms with Crippen LogP contribution in [0.2, 0.25) is 0 Å². The Hall–Kier alpha value is -1.32. The van der Waals surface area contributed by atoms with Crippen LogP contribution in [0.3, 0.4) is 0 Å². The van der Waals surface area contributed by atoms with Gasteiger partial charge in [0.05, 0.1) is 0 Å². The van der Waals surface area contributed by atoms with E-state index in [9.17, 15) is 0 Å². The van der Waals surface area contributed by atoms with Gasteiger partial charge >= 0.3 is 0 Å². The molecule has 0 saturated carbocycles. The van der Waals surface area contributed by atoms with Gasteiger partial charge in [-0.15, -0.1) is 11.3 Å². The first-order valence-electron chi connectivity index (χ1n) is 7.23. The highest BCUT2D eigenvalue weighted by Crippen LogP contribution is 2.23. The summed E-state index contributed by atoms with van der Waals surface area (Å²) >= 11 is 1.85.